The molecule has 0 saturated heterocycles. The zero-order valence-electron chi connectivity index (χ0n) is 8.74. The zero-order valence-corrected chi connectivity index (χ0v) is 9.49. The van der Waals surface area contributed by atoms with Crippen LogP contribution in [0.4, 0.5) is 17.3 Å². The van der Waals surface area contributed by atoms with Crippen molar-refractivity contribution in [3.05, 3.63) is 41.2 Å². The van der Waals surface area contributed by atoms with Crippen LogP contribution in [0.2, 0.25) is 5.02 Å². The third-order valence-electron chi connectivity index (χ3n) is 2.15. The van der Waals surface area contributed by atoms with Crippen LogP contribution >= 0.6 is 11.6 Å². The van der Waals surface area contributed by atoms with Gasteiger partial charge >= 0.3 is 0 Å². The highest BCUT2D eigenvalue weighted by molar-refractivity contribution is 6.30. The molecule has 0 saturated carbocycles. The van der Waals surface area contributed by atoms with Crippen LogP contribution < -0.4 is 11.1 Å². The maximum atomic E-state index is 5.92. The molecule has 1 heterocycles. The normalized spacial score (nSPS) is 10.1. The molecule has 0 aliphatic rings. The molecule has 0 aliphatic carbocycles. The first kappa shape index (κ1) is 10.7. The van der Waals surface area contributed by atoms with Crippen molar-refractivity contribution in [1.29, 1.82) is 0 Å². The first-order valence-electron chi connectivity index (χ1n) is 4.76. The van der Waals surface area contributed by atoms with Crippen molar-refractivity contribution in [3.8, 4) is 0 Å². The number of benzene rings is 1. The Morgan fingerprint density at radius 3 is 2.81 bits per heavy atom. The van der Waals surface area contributed by atoms with E-state index in [0.29, 0.717) is 16.7 Å². The van der Waals surface area contributed by atoms with Gasteiger partial charge in [-0.15, -0.1) is 0 Å². The van der Waals surface area contributed by atoms with Crippen molar-refractivity contribution in [2.75, 3.05) is 11.1 Å². The van der Waals surface area contributed by atoms with E-state index < -0.39 is 0 Å². The number of halogens is 1. The van der Waals surface area contributed by atoms with Crippen molar-refractivity contribution in [2.45, 2.75) is 6.92 Å². The number of hydrogen-bond acceptors (Lipinski definition) is 4. The van der Waals surface area contributed by atoms with E-state index in [9.17, 15) is 0 Å². The quantitative estimate of drug-likeness (QED) is 0.839. The molecule has 1 aromatic carbocycles. The summed E-state index contributed by atoms with van der Waals surface area (Å²) in [4.78, 5) is 7.88. The fourth-order valence-electron chi connectivity index (χ4n) is 1.31. The molecule has 4 nitrogen and oxygen atoms in total. The molecule has 0 fully saturated rings. The first-order valence-corrected chi connectivity index (χ1v) is 5.13. The largest absolute Gasteiger partial charge is 0.384 e. The van der Waals surface area contributed by atoms with Gasteiger partial charge in [0.2, 0.25) is 0 Å². The Bertz CT molecular complexity index is 513. The number of aromatic nitrogens is 2. The van der Waals surface area contributed by atoms with Gasteiger partial charge in [-0.25, -0.2) is 9.97 Å². The van der Waals surface area contributed by atoms with Crippen molar-refractivity contribution >= 4 is 28.9 Å². The second kappa shape index (κ2) is 4.37. The van der Waals surface area contributed by atoms with Gasteiger partial charge in [0.05, 0.1) is 0 Å². The molecule has 82 valence electrons. The van der Waals surface area contributed by atoms with E-state index in [1.165, 1.54) is 6.33 Å². The molecule has 5 heteroatoms. The Kier molecular flexibility index (Phi) is 2.92. The summed E-state index contributed by atoms with van der Waals surface area (Å²) in [6.45, 7) is 1.99. The molecule has 2 rings (SSSR count). The SMILES string of the molecule is Cc1ccc(Cl)cc1Nc1cc(N)ncn1. The number of nitrogens with zero attached hydrogens (tertiary/aromatic N) is 2. The molecule has 3 N–H and O–H groups in total. The third kappa shape index (κ3) is 2.41. The van der Waals surface area contributed by atoms with Crippen LogP contribution in [-0.4, -0.2) is 9.97 Å². The second-order valence-corrected chi connectivity index (χ2v) is 3.85. The minimum Gasteiger partial charge on any atom is -0.384 e. The highest BCUT2D eigenvalue weighted by atomic mass is 35.5. The van der Waals surface area contributed by atoms with Crippen LogP contribution in [0.1, 0.15) is 5.56 Å². The van der Waals surface area contributed by atoms with Crippen LogP contribution in [-0.2, 0) is 0 Å². The van der Waals surface area contributed by atoms with Crippen molar-refractivity contribution < 1.29 is 0 Å². The maximum Gasteiger partial charge on any atom is 0.135 e. The topological polar surface area (TPSA) is 63.8 Å². The third-order valence-corrected chi connectivity index (χ3v) is 2.39. The first-order chi connectivity index (χ1) is 7.65. The van der Waals surface area contributed by atoms with Crippen LogP contribution in [0.5, 0.6) is 0 Å². The fourth-order valence-corrected chi connectivity index (χ4v) is 1.48. The molecule has 0 bridgehead atoms. The summed E-state index contributed by atoms with van der Waals surface area (Å²) in [6, 6.07) is 7.29. The van der Waals surface area contributed by atoms with Gasteiger partial charge in [-0.3, -0.25) is 0 Å². The van der Waals surface area contributed by atoms with Gasteiger partial charge < -0.3 is 11.1 Å². The summed E-state index contributed by atoms with van der Waals surface area (Å²) in [5.74, 6) is 1.08. The van der Waals surface area contributed by atoms with E-state index >= 15 is 0 Å². The van der Waals surface area contributed by atoms with Crippen molar-refractivity contribution in [3.63, 3.8) is 0 Å². The van der Waals surface area contributed by atoms with Crippen LogP contribution in [0.25, 0.3) is 0 Å². The Morgan fingerprint density at radius 2 is 2.06 bits per heavy atom. The lowest BCUT2D eigenvalue weighted by atomic mass is 10.2. The Morgan fingerprint density at radius 1 is 1.25 bits per heavy atom. The predicted molar refractivity (Wildman–Crippen MR) is 65.9 cm³/mol. The zero-order chi connectivity index (χ0) is 11.5. The number of rotatable bonds is 2. The van der Waals surface area contributed by atoms with E-state index in [4.69, 9.17) is 17.3 Å². The standard InChI is InChI=1S/C11H11ClN4/c1-7-2-3-8(12)4-9(7)16-11-5-10(13)14-6-15-11/h2-6H,1H3,(H3,13,14,15,16). The number of anilines is 3. The van der Waals surface area contributed by atoms with Crippen LogP contribution in [0.3, 0.4) is 0 Å². The number of nitrogen functional groups attached to an aromatic ring is 1. The van der Waals surface area contributed by atoms with Crippen LogP contribution in [0.15, 0.2) is 30.6 Å². The average molecular weight is 235 g/mol. The molecule has 0 radical (unpaired) electrons. The Labute approximate surface area is 98.5 Å². The van der Waals surface area contributed by atoms with Crippen molar-refractivity contribution in [1.82, 2.24) is 9.97 Å². The smallest absolute Gasteiger partial charge is 0.135 e. The number of nitrogens with one attached hydrogen (secondary N) is 1. The van der Waals surface area contributed by atoms with E-state index in [1.54, 1.807) is 6.07 Å². The summed E-state index contributed by atoms with van der Waals surface area (Å²) < 4.78 is 0. The number of aryl methyl sites for hydroxylation is 1. The lowest BCUT2D eigenvalue weighted by Gasteiger charge is -2.09. The van der Waals surface area contributed by atoms with Gasteiger partial charge in [0.1, 0.15) is 18.0 Å². The Balaban J connectivity index is 2.30. The second-order valence-electron chi connectivity index (χ2n) is 3.41. The summed E-state index contributed by atoms with van der Waals surface area (Å²) in [5, 5.41) is 3.81. The maximum absolute atomic E-state index is 5.92. The summed E-state index contributed by atoms with van der Waals surface area (Å²) in [6.07, 6.45) is 1.41. The number of hydrogen-bond donors (Lipinski definition) is 2. The molecule has 16 heavy (non-hydrogen) atoms. The molecule has 0 atom stereocenters. The molecule has 0 unspecified atom stereocenters. The molecule has 2 aromatic rings. The minimum absolute atomic E-state index is 0.428. The van der Waals surface area contributed by atoms with Gasteiger partial charge in [0.15, 0.2) is 0 Å². The van der Waals surface area contributed by atoms with Gasteiger partial charge in [0.25, 0.3) is 0 Å². The molecular weight excluding hydrogens is 224 g/mol. The lowest BCUT2D eigenvalue weighted by Crippen LogP contribution is -1.98. The molecule has 0 amide bonds. The van der Waals surface area contributed by atoms with Gasteiger partial charge in [-0.05, 0) is 24.6 Å². The highest BCUT2D eigenvalue weighted by Gasteiger charge is 2.01. The number of nitrogens with two attached hydrogens (primary N) is 1. The highest BCUT2D eigenvalue weighted by Crippen LogP contribution is 2.23. The predicted octanol–water partition coefficient (Wildman–Crippen LogP) is 2.76. The summed E-state index contributed by atoms with van der Waals surface area (Å²) in [7, 11) is 0. The monoisotopic (exact) mass is 234 g/mol. The van der Waals surface area contributed by atoms with Crippen molar-refractivity contribution in [2.24, 2.45) is 0 Å². The average Bonchev–Trinajstić information content (AvgIpc) is 2.24. The van der Waals surface area contributed by atoms with E-state index in [-0.39, 0.29) is 0 Å². The van der Waals surface area contributed by atoms with E-state index in [1.807, 2.05) is 25.1 Å². The summed E-state index contributed by atoms with van der Waals surface area (Å²) in [5.41, 5.74) is 7.56. The molecular formula is C11H11ClN4. The summed E-state index contributed by atoms with van der Waals surface area (Å²) >= 11 is 5.92. The van der Waals surface area contributed by atoms with Gasteiger partial charge in [-0.1, -0.05) is 17.7 Å². The lowest BCUT2D eigenvalue weighted by molar-refractivity contribution is 1.17. The Hall–Kier alpha value is -1.81. The van der Waals surface area contributed by atoms with Crippen LogP contribution in [0, 0.1) is 6.92 Å². The molecule has 0 aliphatic heterocycles. The van der Waals surface area contributed by atoms with E-state index in [0.717, 1.165) is 11.3 Å². The fraction of sp³-hybridized carbons (Fsp3) is 0.0909. The van der Waals surface area contributed by atoms with Gasteiger partial charge in [0, 0.05) is 16.8 Å². The minimum atomic E-state index is 0.428. The van der Waals surface area contributed by atoms with Gasteiger partial charge in [-0.2, -0.15) is 0 Å². The van der Waals surface area contributed by atoms with E-state index in [2.05, 4.69) is 15.3 Å². The molecule has 0 spiro atoms. The molecule has 1 aromatic heterocycles.